The van der Waals surface area contributed by atoms with Gasteiger partial charge in [-0.15, -0.1) is 0 Å². The van der Waals surface area contributed by atoms with Crippen molar-refractivity contribution in [3.63, 3.8) is 0 Å². The minimum Gasteiger partial charge on any atom is -0.264 e. The summed E-state index contributed by atoms with van der Waals surface area (Å²) in [5.41, 5.74) is 0. The van der Waals surface area contributed by atoms with Crippen molar-refractivity contribution in [1.29, 1.82) is 0 Å². The Kier molecular flexibility index (Phi) is 4.00. The Balaban J connectivity index is 3.40. The van der Waals surface area contributed by atoms with Gasteiger partial charge in [-0.05, 0) is 12.3 Å². The fourth-order valence-corrected chi connectivity index (χ4v) is 0.680. The summed E-state index contributed by atoms with van der Waals surface area (Å²) < 4.78 is 0. The average Bonchev–Trinajstić information content (AvgIpc) is 1.82. The summed E-state index contributed by atoms with van der Waals surface area (Å²) in [5, 5.41) is 10.1. The second kappa shape index (κ2) is 4.25. The molecule has 1 atom stereocenters. The van der Waals surface area contributed by atoms with Gasteiger partial charge in [0.15, 0.2) is 0 Å². The van der Waals surface area contributed by atoms with Gasteiger partial charge in [0.05, 0.1) is 0 Å². The van der Waals surface area contributed by atoms with Gasteiger partial charge >= 0.3 is 0 Å². The van der Waals surface area contributed by atoms with Crippen molar-refractivity contribution in [2.45, 2.75) is 39.7 Å². The van der Waals surface area contributed by atoms with Crippen LogP contribution in [0.3, 0.4) is 0 Å². The molecule has 0 heterocycles. The van der Waals surface area contributed by atoms with Crippen LogP contribution < -0.4 is 0 Å². The topological polar surface area (TPSA) is 43.1 Å². The molecule has 3 nitrogen and oxygen atoms in total. The molecule has 0 aromatic rings. The largest absolute Gasteiger partial charge is 0.264 e. The summed E-state index contributed by atoms with van der Waals surface area (Å²) in [5.74, 6) is 0.572. The third kappa shape index (κ3) is 4.30. The van der Waals surface area contributed by atoms with Crippen LogP contribution in [0.1, 0.15) is 33.6 Å². The highest BCUT2D eigenvalue weighted by Crippen LogP contribution is 2.07. The Labute approximate surface area is 61.6 Å². The quantitative estimate of drug-likeness (QED) is 0.449. The SMILES string of the molecule is CC(C)CCC(C)[N+](=O)[O-]. The molecule has 0 aliphatic heterocycles. The molecule has 1 unspecified atom stereocenters. The van der Waals surface area contributed by atoms with Gasteiger partial charge in [0.2, 0.25) is 6.04 Å². The predicted molar refractivity (Wildman–Crippen MR) is 40.5 cm³/mol. The molecule has 0 spiro atoms. The molecule has 0 rings (SSSR count). The molecule has 3 heteroatoms. The van der Waals surface area contributed by atoms with Crippen LogP contribution in [-0.2, 0) is 0 Å². The minimum atomic E-state index is -0.373. The summed E-state index contributed by atoms with van der Waals surface area (Å²) in [6.07, 6.45) is 1.65. The van der Waals surface area contributed by atoms with E-state index in [0.717, 1.165) is 6.42 Å². The standard InChI is InChI=1S/C7H15NO2/c1-6(2)4-5-7(3)8(9)10/h6-7H,4-5H2,1-3H3. The molecule has 0 saturated carbocycles. The van der Waals surface area contributed by atoms with E-state index in [2.05, 4.69) is 13.8 Å². The zero-order chi connectivity index (χ0) is 8.15. The molecule has 0 bridgehead atoms. The van der Waals surface area contributed by atoms with Crippen molar-refractivity contribution in [1.82, 2.24) is 0 Å². The second-order valence-electron chi connectivity index (χ2n) is 3.11. The normalized spacial score (nSPS) is 13.6. The van der Waals surface area contributed by atoms with Crippen LogP contribution in [0.15, 0.2) is 0 Å². The molecule has 60 valence electrons. The van der Waals surface area contributed by atoms with Crippen LogP contribution in [0.4, 0.5) is 0 Å². The first-order valence-corrected chi connectivity index (χ1v) is 3.67. The van der Waals surface area contributed by atoms with E-state index in [9.17, 15) is 10.1 Å². The molecule has 0 radical (unpaired) electrons. The maximum Gasteiger partial charge on any atom is 0.210 e. The highest BCUT2D eigenvalue weighted by Gasteiger charge is 2.12. The molecule has 0 aromatic heterocycles. The number of hydrogen-bond donors (Lipinski definition) is 0. The Morgan fingerprint density at radius 3 is 2.10 bits per heavy atom. The third-order valence-corrected chi connectivity index (χ3v) is 1.52. The van der Waals surface area contributed by atoms with E-state index in [1.54, 1.807) is 6.92 Å². The van der Waals surface area contributed by atoms with Gasteiger partial charge in [-0.3, -0.25) is 10.1 Å². The monoisotopic (exact) mass is 145 g/mol. The molecule has 10 heavy (non-hydrogen) atoms. The van der Waals surface area contributed by atoms with Crippen LogP contribution in [0, 0.1) is 16.0 Å². The Bertz CT molecular complexity index is 112. The average molecular weight is 145 g/mol. The lowest BCUT2D eigenvalue weighted by atomic mass is 10.1. The van der Waals surface area contributed by atoms with Crippen molar-refractivity contribution in [2.24, 2.45) is 5.92 Å². The van der Waals surface area contributed by atoms with Crippen molar-refractivity contribution in [3.8, 4) is 0 Å². The van der Waals surface area contributed by atoms with Gasteiger partial charge in [-0.2, -0.15) is 0 Å². The fraction of sp³-hybridized carbons (Fsp3) is 1.00. The third-order valence-electron chi connectivity index (χ3n) is 1.52. The van der Waals surface area contributed by atoms with Gasteiger partial charge < -0.3 is 0 Å². The van der Waals surface area contributed by atoms with Crippen LogP contribution in [0.25, 0.3) is 0 Å². The van der Waals surface area contributed by atoms with Gasteiger partial charge in [-0.25, -0.2) is 0 Å². The van der Waals surface area contributed by atoms with E-state index in [1.807, 2.05) is 0 Å². The van der Waals surface area contributed by atoms with Crippen molar-refractivity contribution in [3.05, 3.63) is 10.1 Å². The molecule has 0 aliphatic rings. The number of hydrogen-bond acceptors (Lipinski definition) is 2. The first kappa shape index (κ1) is 9.40. The van der Waals surface area contributed by atoms with E-state index in [-0.39, 0.29) is 11.0 Å². The van der Waals surface area contributed by atoms with Crippen LogP contribution in [-0.4, -0.2) is 11.0 Å². The summed E-state index contributed by atoms with van der Waals surface area (Å²) in [6, 6.07) is -0.373. The number of nitrogens with zero attached hydrogens (tertiary/aromatic N) is 1. The summed E-state index contributed by atoms with van der Waals surface area (Å²) >= 11 is 0. The first-order chi connectivity index (χ1) is 4.54. The van der Waals surface area contributed by atoms with Gasteiger partial charge in [0.25, 0.3) is 0 Å². The van der Waals surface area contributed by atoms with E-state index in [0.29, 0.717) is 12.3 Å². The zero-order valence-electron chi connectivity index (χ0n) is 6.83. The first-order valence-electron chi connectivity index (χ1n) is 3.67. The Morgan fingerprint density at radius 1 is 1.30 bits per heavy atom. The lowest BCUT2D eigenvalue weighted by Crippen LogP contribution is -2.15. The molecule has 0 saturated heterocycles. The molecule has 0 amide bonds. The Morgan fingerprint density at radius 2 is 1.80 bits per heavy atom. The number of rotatable bonds is 4. The van der Waals surface area contributed by atoms with Crippen molar-refractivity contribution in [2.75, 3.05) is 0 Å². The highest BCUT2D eigenvalue weighted by atomic mass is 16.6. The van der Waals surface area contributed by atoms with E-state index < -0.39 is 0 Å². The summed E-state index contributed by atoms with van der Waals surface area (Å²) in [4.78, 5) is 9.90. The fourth-order valence-electron chi connectivity index (χ4n) is 0.680. The lowest BCUT2D eigenvalue weighted by Gasteiger charge is -2.04. The molecular formula is C7H15NO2. The molecule has 0 N–H and O–H groups in total. The number of nitro groups is 1. The van der Waals surface area contributed by atoms with E-state index in [4.69, 9.17) is 0 Å². The lowest BCUT2D eigenvalue weighted by molar-refractivity contribution is -0.519. The summed E-state index contributed by atoms with van der Waals surface area (Å²) in [6.45, 7) is 5.81. The van der Waals surface area contributed by atoms with Gasteiger partial charge in [-0.1, -0.05) is 13.8 Å². The van der Waals surface area contributed by atoms with E-state index in [1.165, 1.54) is 0 Å². The van der Waals surface area contributed by atoms with Gasteiger partial charge in [0, 0.05) is 18.3 Å². The second-order valence-corrected chi connectivity index (χ2v) is 3.11. The highest BCUT2D eigenvalue weighted by molar-refractivity contribution is 4.51. The minimum absolute atomic E-state index is 0.220. The van der Waals surface area contributed by atoms with Crippen molar-refractivity contribution >= 4 is 0 Å². The van der Waals surface area contributed by atoms with Crippen molar-refractivity contribution < 1.29 is 4.92 Å². The Hall–Kier alpha value is -0.600. The maximum atomic E-state index is 10.1. The van der Waals surface area contributed by atoms with Crippen LogP contribution in [0.5, 0.6) is 0 Å². The summed E-state index contributed by atoms with van der Waals surface area (Å²) in [7, 11) is 0. The zero-order valence-corrected chi connectivity index (χ0v) is 6.83. The predicted octanol–water partition coefficient (Wildman–Crippen LogP) is 2.09. The van der Waals surface area contributed by atoms with Gasteiger partial charge in [0.1, 0.15) is 0 Å². The molecule has 0 aromatic carbocycles. The van der Waals surface area contributed by atoms with E-state index >= 15 is 0 Å². The molecular weight excluding hydrogens is 130 g/mol. The van der Waals surface area contributed by atoms with Crippen LogP contribution in [0.2, 0.25) is 0 Å². The smallest absolute Gasteiger partial charge is 0.210 e. The molecule has 0 fully saturated rings. The van der Waals surface area contributed by atoms with Crippen LogP contribution >= 0.6 is 0 Å². The molecule has 0 aliphatic carbocycles. The maximum absolute atomic E-state index is 10.1.